The lowest BCUT2D eigenvalue weighted by Gasteiger charge is -2.32. The van der Waals surface area contributed by atoms with Crippen LogP contribution in [0.2, 0.25) is 0 Å². The summed E-state index contributed by atoms with van der Waals surface area (Å²) in [5, 5.41) is 30.8. The fourth-order valence-corrected chi connectivity index (χ4v) is 3.69. The van der Waals surface area contributed by atoms with Crippen molar-refractivity contribution < 1.29 is 9.50 Å². The molecule has 3 N–H and O–H groups in total. The Morgan fingerprint density at radius 3 is 2.79 bits per heavy atom. The molecule has 33 heavy (non-hydrogen) atoms. The molecule has 0 unspecified atom stereocenters. The number of aliphatic hydroxyl groups excluding tert-OH is 1. The molecular formula is C22H28FN9O. The maximum atomic E-state index is 13.9. The van der Waals surface area contributed by atoms with Gasteiger partial charge < -0.3 is 20.6 Å². The van der Waals surface area contributed by atoms with Gasteiger partial charge in [0.05, 0.1) is 29.6 Å². The van der Waals surface area contributed by atoms with Crippen molar-refractivity contribution in [2.45, 2.75) is 58.0 Å². The minimum Gasteiger partial charge on any atom is -0.390 e. The molecule has 2 atom stereocenters. The van der Waals surface area contributed by atoms with E-state index in [4.69, 9.17) is 0 Å². The van der Waals surface area contributed by atoms with Crippen LogP contribution >= 0.6 is 0 Å². The Balaban J connectivity index is 1.61. The van der Waals surface area contributed by atoms with Crippen molar-refractivity contribution in [2.75, 3.05) is 28.6 Å². The standard InChI is InChI=1S/C22H28FN9O/c1-13(2)32-16-9-19(26-10-14(16)20(30-32)29-22(3,4)12-24)27-18-5-7-25-21(28-18)31-8-6-17(33)15(23)11-31/h5,7,9-10,13,15,17,33H,6,8,11H2,1-4H3,(H,29,30)(H,25,26,27,28)/t15-,17+/m1/s1. The molecule has 11 heteroatoms. The lowest BCUT2D eigenvalue weighted by Crippen LogP contribution is -2.45. The molecule has 3 aromatic rings. The largest absolute Gasteiger partial charge is 0.390 e. The number of aliphatic hydroxyl groups is 1. The van der Waals surface area contributed by atoms with E-state index >= 15 is 0 Å². The van der Waals surface area contributed by atoms with Crippen molar-refractivity contribution in [2.24, 2.45) is 0 Å². The molecule has 1 aliphatic heterocycles. The third kappa shape index (κ3) is 4.80. The van der Waals surface area contributed by atoms with E-state index in [0.29, 0.717) is 36.4 Å². The molecular weight excluding hydrogens is 425 g/mol. The molecule has 0 bridgehead atoms. The highest BCUT2D eigenvalue weighted by molar-refractivity contribution is 5.91. The van der Waals surface area contributed by atoms with Crippen LogP contribution in [-0.2, 0) is 0 Å². The Hall–Kier alpha value is -3.52. The number of aromatic nitrogens is 5. The van der Waals surface area contributed by atoms with Gasteiger partial charge in [-0.25, -0.2) is 14.4 Å². The SMILES string of the molecule is CC(C)n1nc(NC(C)(C)C#N)c2cnc(Nc3ccnc(N4CC[C@H](O)[C@H](F)C4)n3)cc21. The summed E-state index contributed by atoms with van der Waals surface area (Å²) in [5.74, 6) is 2.08. The second-order valence-corrected chi connectivity index (χ2v) is 9.02. The van der Waals surface area contributed by atoms with Crippen molar-refractivity contribution in [3.63, 3.8) is 0 Å². The van der Waals surface area contributed by atoms with Gasteiger partial charge in [0.15, 0.2) is 5.82 Å². The number of hydrogen-bond acceptors (Lipinski definition) is 9. The lowest BCUT2D eigenvalue weighted by atomic mass is 10.1. The van der Waals surface area contributed by atoms with E-state index in [1.165, 1.54) is 0 Å². The number of fused-ring (bicyclic) bond motifs is 1. The highest BCUT2D eigenvalue weighted by Gasteiger charge is 2.29. The van der Waals surface area contributed by atoms with Crippen LogP contribution in [0.3, 0.4) is 0 Å². The summed E-state index contributed by atoms with van der Waals surface area (Å²) in [4.78, 5) is 15.0. The summed E-state index contributed by atoms with van der Waals surface area (Å²) in [7, 11) is 0. The molecule has 0 aliphatic carbocycles. The Morgan fingerprint density at radius 2 is 2.09 bits per heavy atom. The lowest BCUT2D eigenvalue weighted by molar-refractivity contribution is 0.0612. The summed E-state index contributed by atoms with van der Waals surface area (Å²) >= 11 is 0. The predicted molar refractivity (Wildman–Crippen MR) is 124 cm³/mol. The third-order valence-electron chi connectivity index (χ3n) is 5.48. The maximum Gasteiger partial charge on any atom is 0.227 e. The van der Waals surface area contributed by atoms with E-state index in [-0.39, 0.29) is 12.6 Å². The van der Waals surface area contributed by atoms with Crippen LogP contribution in [-0.4, -0.2) is 60.7 Å². The molecule has 0 spiro atoms. The minimum atomic E-state index is -1.33. The van der Waals surface area contributed by atoms with Crippen molar-refractivity contribution in [1.29, 1.82) is 5.26 Å². The van der Waals surface area contributed by atoms with E-state index in [1.54, 1.807) is 37.2 Å². The van der Waals surface area contributed by atoms with Gasteiger partial charge in [-0.05, 0) is 40.2 Å². The molecule has 1 saturated heterocycles. The highest BCUT2D eigenvalue weighted by atomic mass is 19.1. The zero-order chi connectivity index (χ0) is 23.8. The van der Waals surface area contributed by atoms with Gasteiger partial charge in [0.25, 0.3) is 0 Å². The van der Waals surface area contributed by atoms with E-state index in [1.807, 2.05) is 24.6 Å². The predicted octanol–water partition coefficient (Wildman–Crippen LogP) is 3.17. The molecule has 0 aromatic carbocycles. The van der Waals surface area contributed by atoms with Gasteiger partial charge in [-0.2, -0.15) is 15.3 Å². The van der Waals surface area contributed by atoms with E-state index in [9.17, 15) is 14.8 Å². The first kappa shape index (κ1) is 22.7. The van der Waals surface area contributed by atoms with Crippen molar-refractivity contribution in [3.05, 3.63) is 24.5 Å². The molecule has 0 amide bonds. The van der Waals surface area contributed by atoms with Gasteiger partial charge in [-0.3, -0.25) is 4.68 Å². The number of hydrogen-bond donors (Lipinski definition) is 3. The first-order valence-corrected chi connectivity index (χ1v) is 10.9. The van der Waals surface area contributed by atoms with Gasteiger partial charge in [-0.15, -0.1) is 0 Å². The van der Waals surface area contributed by atoms with Crippen LogP contribution < -0.4 is 15.5 Å². The quantitative estimate of drug-likeness (QED) is 0.515. The minimum absolute atomic E-state index is 0.0528. The van der Waals surface area contributed by atoms with Crippen molar-refractivity contribution in [3.8, 4) is 6.07 Å². The number of piperidine rings is 1. The summed E-state index contributed by atoms with van der Waals surface area (Å²) < 4.78 is 15.8. The Bertz CT molecular complexity index is 1190. The molecule has 10 nitrogen and oxygen atoms in total. The molecule has 0 saturated carbocycles. The number of anilines is 4. The molecule has 1 fully saturated rings. The van der Waals surface area contributed by atoms with Gasteiger partial charge in [-0.1, -0.05) is 0 Å². The number of pyridine rings is 1. The van der Waals surface area contributed by atoms with Crippen LogP contribution in [0.1, 0.15) is 40.2 Å². The summed E-state index contributed by atoms with van der Waals surface area (Å²) in [5.41, 5.74) is 0.0823. The fourth-order valence-electron chi connectivity index (χ4n) is 3.69. The number of rotatable bonds is 6. The number of halogens is 1. The third-order valence-corrected chi connectivity index (χ3v) is 5.48. The van der Waals surface area contributed by atoms with Gasteiger partial charge >= 0.3 is 0 Å². The molecule has 4 heterocycles. The number of nitrogens with zero attached hydrogens (tertiary/aromatic N) is 7. The van der Waals surface area contributed by atoms with E-state index in [2.05, 4.69) is 36.8 Å². The first-order chi connectivity index (χ1) is 15.7. The second kappa shape index (κ2) is 8.78. The topological polar surface area (TPSA) is 128 Å². The summed E-state index contributed by atoms with van der Waals surface area (Å²) in [6.45, 7) is 8.18. The molecule has 4 rings (SSSR count). The second-order valence-electron chi connectivity index (χ2n) is 9.02. The zero-order valence-electron chi connectivity index (χ0n) is 19.1. The van der Waals surface area contributed by atoms with Crippen molar-refractivity contribution in [1.82, 2.24) is 24.7 Å². The number of alkyl halides is 1. The van der Waals surface area contributed by atoms with Crippen LogP contribution in [0.15, 0.2) is 24.5 Å². The fraction of sp³-hybridized carbons (Fsp3) is 0.500. The first-order valence-electron chi connectivity index (χ1n) is 10.9. The molecule has 0 radical (unpaired) electrons. The Morgan fingerprint density at radius 1 is 1.30 bits per heavy atom. The van der Waals surface area contributed by atoms with Gasteiger partial charge in [0.1, 0.15) is 23.3 Å². The van der Waals surface area contributed by atoms with Crippen LogP contribution in [0.25, 0.3) is 10.9 Å². The molecule has 1 aliphatic rings. The summed E-state index contributed by atoms with van der Waals surface area (Å²) in [6.07, 6.45) is 1.38. The average Bonchev–Trinajstić information content (AvgIpc) is 3.13. The average molecular weight is 454 g/mol. The Labute approximate surface area is 191 Å². The number of nitrogens with one attached hydrogen (secondary N) is 2. The van der Waals surface area contributed by atoms with Crippen LogP contribution in [0.4, 0.5) is 27.8 Å². The van der Waals surface area contributed by atoms with Crippen molar-refractivity contribution >= 4 is 34.3 Å². The zero-order valence-corrected chi connectivity index (χ0v) is 19.1. The number of nitriles is 1. The highest BCUT2D eigenvalue weighted by Crippen LogP contribution is 2.29. The van der Waals surface area contributed by atoms with Gasteiger partial charge in [0.2, 0.25) is 5.95 Å². The normalized spacial score (nSPS) is 19.0. The molecule has 174 valence electrons. The van der Waals surface area contributed by atoms with Gasteiger partial charge in [0, 0.05) is 31.0 Å². The molecule has 3 aromatic heterocycles. The maximum absolute atomic E-state index is 13.9. The Kier molecular flexibility index (Phi) is 6.03. The monoisotopic (exact) mass is 453 g/mol. The summed E-state index contributed by atoms with van der Waals surface area (Å²) in [6, 6.07) is 5.91. The van der Waals surface area contributed by atoms with E-state index in [0.717, 1.165) is 10.9 Å². The van der Waals surface area contributed by atoms with E-state index < -0.39 is 17.8 Å². The van der Waals surface area contributed by atoms with Crippen LogP contribution in [0, 0.1) is 11.3 Å². The van der Waals surface area contributed by atoms with Crippen LogP contribution in [0.5, 0.6) is 0 Å². The smallest absolute Gasteiger partial charge is 0.227 e.